The van der Waals surface area contributed by atoms with Crippen molar-refractivity contribution in [2.75, 3.05) is 39.8 Å². The molecule has 3 amide bonds. The zero-order chi connectivity index (χ0) is 18.3. The van der Waals surface area contributed by atoms with Crippen LogP contribution in [-0.2, 0) is 4.79 Å². The molecule has 1 fully saturated rings. The first-order valence-electron chi connectivity index (χ1n) is 9.09. The first-order valence-corrected chi connectivity index (χ1v) is 9.09. The molecule has 1 atom stereocenters. The van der Waals surface area contributed by atoms with E-state index in [2.05, 4.69) is 10.2 Å². The van der Waals surface area contributed by atoms with Crippen LogP contribution in [0.25, 0.3) is 0 Å². The molecule has 7 heteroatoms. The lowest BCUT2D eigenvalue weighted by atomic mass is 9.96. The van der Waals surface area contributed by atoms with E-state index < -0.39 is 6.04 Å². The second-order valence-electron chi connectivity index (χ2n) is 7.13. The van der Waals surface area contributed by atoms with Crippen LogP contribution in [0.2, 0.25) is 0 Å². The molecule has 1 aromatic rings. The van der Waals surface area contributed by atoms with Gasteiger partial charge in [-0.1, -0.05) is 12.1 Å². The lowest BCUT2D eigenvalue weighted by Gasteiger charge is -2.31. The van der Waals surface area contributed by atoms with E-state index in [1.54, 1.807) is 19.2 Å². The Morgan fingerprint density at radius 3 is 2.50 bits per heavy atom. The third-order valence-corrected chi connectivity index (χ3v) is 5.52. The van der Waals surface area contributed by atoms with Gasteiger partial charge in [-0.2, -0.15) is 0 Å². The minimum absolute atomic E-state index is 0.0413. The van der Waals surface area contributed by atoms with Crippen molar-refractivity contribution in [1.29, 1.82) is 0 Å². The molecule has 26 heavy (non-hydrogen) atoms. The SMILES string of the molecule is CN1C(=O)N[C@H](c2ccc(F)cc2)C2=C1CN(CCN1CCCC1)C2=O. The molecule has 1 N–H and O–H groups in total. The van der Waals surface area contributed by atoms with Crippen LogP contribution in [0.3, 0.4) is 0 Å². The van der Waals surface area contributed by atoms with E-state index in [9.17, 15) is 14.0 Å². The number of carbonyl (C=O) groups is 2. The Hall–Kier alpha value is -2.41. The number of hydrogen-bond acceptors (Lipinski definition) is 3. The Morgan fingerprint density at radius 2 is 1.81 bits per heavy atom. The highest BCUT2D eigenvalue weighted by Gasteiger charge is 2.42. The molecule has 0 spiro atoms. The van der Waals surface area contributed by atoms with E-state index in [0.717, 1.165) is 30.9 Å². The molecule has 0 bridgehead atoms. The van der Waals surface area contributed by atoms with Gasteiger partial charge in [0.05, 0.1) is 23.9 Å². The average molecular weight is 358 g/mol. The fourth-order valence-corrected chi connectivity index (χ4v) is 3.98. The second-order valence-corrected chi connectivity index (χ2v) is 7.13. The van der Waals surface area contributed by atoms with E-state index in [-0.39, 0.29) is 17.8 Å². The maximum atomic E-state index is 13.3. The Bertz CT molecular complexity index is 755. The maximum absolute atomic E-state index is 13.3. The smallest absolute Gasteiger partial charge is 0.322 e. The van der Waals surface area contributed by atoms with E-state index in [4.69, 9.17) is 0 Å². The molecule has 0 saturated carbocycles. The van der Waals surface area contributed by atoms with Gasteiger partial charge in [0, 0.05) is 20.1 Å². The van der Waals surface area contributed by atoms with Crippen molar-refractivity contribution in [3.63, 3.8) is 0 Å². The fourth-order valence-electron chi connectivity index (χ4n) is 3.98. The van der Waals surface area contributed by atoms with E-state index in [0.29, 0.717) is 18.7 Å². The predicted molar refractivity (Wildman–Crippen MR) is 94.7 cm³/mol. The quantitative estimate of drug-likeness (QED) is 0.892. The molecule has 3 aliphatic rings. The Labute approximate surface area is 152 Å². The normalized spacial score (nSPS) is 23.7. The van der Waals surface area contributed by atoms with Gasteiger partial charge in [-0.3, -0.25) is 9.69 Å². The van der Waals surface area contributed by atoms with Crippen molar-refractivity contribution in [3.05, 3.63) is 46.9 Å². The lowest BCUT2D eigenvalue weighted by molar-refractivity contribution is -0.126. The fraction of sp³-hybridized carbons (Fsp3) is 0.474. The highest BCUT2D eigenvalue weighted by Crippen LogP contribution is 2.35. The summed E-state index contributed by atoms with van der Waals surface area (Å²) >= 11 is 0. The first kappa shape index (κ1) is 17.0. The van der Waals surface area contributed by atoms with Gasteiger partial charge in [0.15, 0.2) is 0 Å². The summed E-state index contributed by atoms with van der Waals surface area (Å²) in [5.74, 6) is -0.382. The molecule has 0 radical (unpaired) electrons. The van der Waals surface area contributed by atoms with Crippen LogP contribution in [-0.4, -0.2) is 66.4 Å². The van der Waals surface area contributed by atoms with Crippen molar-refractivity contribution in [1.82, 2.24) is 20.0 Å². The number of carbonyl (C=O) groups excluding carboxylic acids is 2. The molecular weight excluding hydrogens is 335 g/mol. The van der Waals surface area contributed by atoms with E-state index >= 15 is 0 Å². The zero-order valence-electron chi connectivity index (χ0n) is 14.9. The molecule has 4 rings (SSSR count). The summed E-state index contributed by atoms with van der Waals surface area (Å²) in [4.78, 5) is 31.1. The van der Waals surface area contributed by atoms with Gasteiger partial charge in [-0.15, -0.1) is 0 Å². The molecule has 0 aliphatic carbocycles. The summed E-state index contributed by atoms with van der Waals surface area (Å²) in [6.07, 6.45) is 2.44. The number of halogens is 1. The summed E-state index contributed by atoms with van der Waals surface area (Å²) in [6.45, 7) is 4.15. The van der Waals surface area contributed by atoms with Gasteiger partial charge in [-0.25, -0.2) is 9.18 Å². The number of rotatable bonds is 4. The highest BCUT2D eigenvalue weighted by molar-refractivity contribution is 6.01. The van der Waals surface area contributed by atoms with Gasteiger partial charge in [-0.05, 0) is 43.6 Å². The Kier molecular flexibility index (Phi) is 4.40. The third kappa shape index (κ3) is 2.96. The van der Waals surface area contributed by atoms with Gasteiger partial charge in [0.1, 0.15) is 5.82 Å². The third-order valence-electron chi connectivity index (χ3n) is 5.52. The van der Waals surface area contributed by atoms with Crippen LogP contribution >= 0.6 is 0 Å². The summed E-state index contributed by atoms with van der Waals surface area (Å²) in [5.41, 5.74) is 2.06. The van der Waals surface area contributed by atoms with Crippen LogP contribution in [0.15, 0.2) is 35.5 Å². The van der Waals surface area contributed by atoms with Crippen molar-refractivity contribution < 1.29 is 14.0 Å². The number of amides is 3. The summed E-state index contributed by atoms with van der Waals surface area (Å²) in [6, 6.07) is 5.17. The predicted octanol–water partition coefficient (Wildman–Crippen LogP) is 1.71. The van der Waals surface area contributed by atoms with Crippen molar-refractivity contribution >= 4 is 11.9 Å². The molecule has 0 aromatic heterocycles. The lowest BCUT2D eigenvalue weighted by Crippen LogP contribution is -2.45. The topological polar surface area (TPSA) is 55.9 Å². The number of benzene rings is 1. The van der Waals surface area contributed by atoms with Crippen molar-refractivity contribution in [2.45, 2.75) is 18.9 Å². The molecule has 1 aromatic carbocycles. The summed E-state index contributed by atoms with van der Waals surface area (Å²) in [5, 5.41) is 2.87. The molecule has 0 unspecified atom stereocenters. The van der Waals surface area contributed by atoms with Gasteiger partial charge >= 0.3 is 6.03 Å². The number of likely N-dealkylation sites (N-methyl/N-ethyl adjacent to an activating group) is 1. The second kappa shape index (κ2) is 6.72. The molecular formula is C19H23FN4O2. The molecule has 138 valence electrons. The molecule has 3 heterocycles. The van der Waals surface area contributed by atoms with Gasteiger partial charge < -0.3 is 15.1 Å². The van der Waals surface area contributed by atoms with Gasteiger partial charge in [0.25, 0.3) is 5.91 Å². The van der Waals surface area contributed by atoms with E-state index in [1.807, 2.05) is 4.90 Å². The first-order chi connectivity index (χ1) is 12.5. The number of nitrogens with one attached hydrogen (secondary N) is 1. The van der Waals surface area contributed by atoms with Crippen LogP contribution in [0.5, 0.6) is 0 Å². The number of likely N-dealkylation sites (tertiary alicyclic amines) is 1. The number of nitrogens with zero attached hydrogens (tertiary/aromatic N) is 3. The Morgan fingerprint density at radius 1 is 1.12 bits per heavy atom. The van der Waals surface area contributed by atoms with Crippen LogP contribution in [0.1, 0.15) is 24.4 Å². The largest absolute Gasteiger partial charge is 0.332 e. The minimum atomic E-state index is -0.529. The van der Waals surface area contributed by atoms with Crippen LogP contribution in [0.4, 0.5) is 9.18 Å². The zero-order valence-corrected chi connectivity index (χ0v) is 14.9. The average Bonchev–Trinajstić information content (AvgIpc) is 3.26. The van der Waals surface area contributed by atoms with Crippen molar-refractivity contribution in [3.8, 4) is 0 Å². The van der Waals surface area contributed by atoms with Crippen LogP contribution in [0, 0.1) is 5.82 Å². The standard InChI is InChI=1S/C19H23FN4O2/c1-22-15-12-24(11-10-23-8-2-3-9-23)18(25)16(15)17(21-19(22)26)13-4-6-14(20)7-5-13/h4-7,17H,2-3,8-12H2,1H3,(H,21,26)/t17-/m1/s1. The minimum Gasteiger partial charge on any atom is -0.332 e. The van der Waals surface area contributed by atoms with Crippen LogP contribution < -0.4 is 5.32 Å². The van der Waals surface area contributed by atoms with Gasteiger partial charge in [0.2, 0.25) is 0 Å². The monoisotopic (exact) mass is 358 g/mol. The summed E-state index contributed by atoms with van der Waals surface area (Å²) < 4.78 is 13.3. The van der Waals surface area contributed by atoms with Crippen molar-refractivity contribution in [2.24, 2.45) is 0 Å². The molecule has 1 saturated heterocycles. The van der Waals surface area contributed by atoms with E-state index in [1.165, 1.54) is 29.9 Å². The number of hydrogen-bond donors (Lipinski definition) is 1. The maximum Gasteiger partial charge on any atom is 0.322 e. The molecule has 3 aliphatic heterocycles. The Balaban J connectivity index is 1.57. The summed E-state index contributed by atoms with van der Waals surface area (Å²) in [7, 11) is 1.68. The molecule has 6 nitrogen and oxygen atoms in total. The highest BCUT2D eigenvalue weighted by atomic mass is 19.1. The number of urea groups is 1.